The van der Waals surface area contributed by atoms with E-state index in [2.05, 4.69) is 20.2 Å². The second kappa shape index (κ2) is 7.16. The van der Waals surface area contributed by atoms with E-state index in [1.54, 1.807) is 6.92 Å². The number of rotatable bonds is 5. The monoisotopic (exact) mass is 351 g/mol. The van der Waals surface area contributed by atoms with E-state index >= 15 is 0 Å². The summed E-state index contributed by atoms with van der Waals surface area (Å²) < 4.78 is 33.8. The highest BCUT2D eigenvalue weighted by Crippen LogP contribution is 2.36. The zero-order valence-corrected chi connectivity index (χ0v) is 13.8. The average molecular weight is 351 g/mol. The molecule has 0 spiro atoms. The molecule has 1 aromatic heterocycles. The number of carbonyl (C=O) groups excluding carboxylic acids is 1. The number of aromatic nitrogens is 2. The summed E-state index contributed by atoms with van der Waals surface area (Å²) >= 11 is 0. The molecule has 6 nitrogen and oxygen atoms in total. The summed E-state index contributed by atoms with van der Waals surface area (Å²) in [5, 5.41) is 7.03. The third-order valence-electron chi connectivity index (χ3n) is 4.36. The van der Waals surface area contributed by atoms with Gasteiger partial charge < -0.3 is 14.6 Å². The molecule has 1 fully saturated rings. The molecule has 0 atom stereocenters. The molecule has 0 saturated heterocycles. The first kappa shape index (κ1) is 17.3. The molecule has 1 heterocycles. The smallest absolute Gasteiger partial charge is 0.387 e. The Morgan fingerprint density at radius 3 is 2.48 bits per heavy atom. The minimum absolute atomic E-state index is 0.00715. The van der Waals surface area contributed by atoms with Crippen molar-refractivity contribution in [2.75, 3.05) is 0 Å². The van der Waals surface area contributed by atoms with E-state index in [9.17, 15) is 13.6 Å². The number of halogens is 2. The fourth-order valence-corrected chi connectivity index (χ4v) is 3.13. The largest absolute Gasteiger partial charge is 0.435 e. The predicted octanol–water partition coefficient (Wildman–Crippen LogP) is 3.57. The van der Waals surface area contributed by atoms with Gasteiger partial charge in [0.2, 0.25) is 5.89 Å². The first-order valence-electron chi connectivity index (χ1n) is 8.17. The average Bonchev–Trinajstić information content (AvgIpc) is 3.03. The van der Waals surface area contributed by atoms with Crippen LogP contribution in [0, 0.1) is 6.92 Å². The predicted molar refractivity (Wildman–Crippen MR) is 84.3 cm³/mol. The zero-order chi connectivity index (χ0) is 17.9. The number of ether oxygens (including phenoxy) is 1. The van der Waals surface area contributed by atoms with E-state index in [0.29, 0.717) is 17.3 Å². The Balaban J connectivity index is 1.78. The Kier molecular flexibility index (Phi) is 4.96. The molecular weight excluding hydrogens is 332 g/mol. The highest BCUT2D eigenvalue weighted by molar-refractivity contribution is 5.94. The molecule has 25 heavy (non-hydrogen) atoms. The van der Waals surface area contributed by atoms with Gasteiger partial charge in [-0.05, 0) is 37.1 Å². The van der Waals surface area contributed by atoms with Crippen molar-refractivity contribution in [2.24, 2.45) is 0 Å². The van der Waals surface area contributed by atoms with Gasteiger partial charge >= 0.3 is 6.61 Å². The Morgan fingerprint density at radius 2 is 1.92 bits per heavy atom. The van der Waals surface area contributed by atoms with E-state index in [4.69, 9.17) is 4.52 Å². The molecule has 1 N–H and O–H groups in total. The van der Waals surface area contributed by atoms with Gasteiger partial charge in [0.1, 0.15) is 11.3 Å². The van der Waals surface area contributed by atoms with E-state index in [0.717, 1.165) is 32.1 Å². The summed E-state index contributed by atoms with van der Waals surface area (Å²) in [6.45, 7) is -1.19. The summed E-state index contributed by atoms with van der Waals surface area (Å²) in [7, 11) is 0. The first-order valence-corrected chi connectivity index (χ1v) is 8.17. The maximum absolute atomic E-state index is 12.6. The molecule has 1 saturated carbocycles. The molecule has 0 bridgehead atoms. The lowest BCUT2D eigenvalue weighted by molar-refractivity contribution is -0.0498. The van der Waals surface area contributed by atoms with Crippen molar-refractivity contribution < 1.29 is 22.8 Å². The molecule has 0 radical (unpaired) electrons. The van der Waals surface area contributed by atoms with Gasteiger partial charge in [-0.3, -0.25) is 4.79 Å². The maximum atomic E-state index is 12.6. The van der Waals surface area contributed by atoms with Crippen LogP contribution in [0.3, 0.4) is 0 Å². The molecule has 134 valence electrons. The minimum atomic E-state index is -2.90. The van der Waals surface area contributed by atoms with Crippen LogP contribution in [0.15, 0.2) is 28.8 Å². The molecule has 1 aliphatic rings. The summed E-state index contributed by atoms with van der Waals surface area (Å²) in [5.74, 6) is 0.624. The van der Waals surface area contributed by atoms with Crippen molar-refractivity contribution in [3.8, 4) is 5.75 Å². The van der Waals surface area contributed by atoms with Gasteiger partial charge in [0, 0.05) is 12.5 Å². The van der Waals surface area contributed by atoms with Crippen LogP contribution >= 0.6 is 0 Å². The van der Waals surface area contributed by atoms with Crippen molar-refractivity contribution >= 4 is 5.91 Å². The van der Waals surface area contributed by atoms with E-state index in [1.165, 1.54) is 24.3 Å². The van der Waals surface area contributed by atoms with Crippen LogP contribution in [0.5, 0.6) is 5.75 Å². The Bertz CT molecular complexity index is 725. The number of nitrogens with one attached hydrogen (secondary N) is 1. The van der Waals surface area contributed by atoms with E-state index in [1.807, 2.05) is 0 Å². The zero-order valence-electron chi connectivity index (χ0n) is 13.8. The van der Waals surface area contributed by atoms with Crippen molar-refractivity contribution in [3.63, 3.8) is 0 Å². The summed E-state index contributed by atoms with van der Waals surface area (Å²) in [5.41, 5.74) is -0.308. The second-order valence-electron chi connectivity index (χ2n) is 6.14. The van der Waals surface area contributed by atoms with Crippen molar-refractivity contribution in [3.05, 3.63) is 41.5 Å². The fourth-order valence-electron chi connectivity index (χ4n) is 3.13. The second-order valence-corrected chi connectivity index (χ2v) is 6.14. The molecule has 8 heteroatoms. The topological polar surface area (TPSA) is 77.2 Å². The summed E-state index contributed by atoms with van der Waals surface area (Å²) in [6.07, 6.45) is 4.45. The Hall–Kier alpha value is -2.51. The highest BCUT2D eigenvalue weighted by atomic mass is 19.3. The lowest BCUT2D eigenvalue weighted by atomic mass is 9.80. The van der Waals surface area contributed by atoms with E-state index in [-0.39, 0.29) is 11.7 Å². The molecule has 0 aliphatic heterocycles. The molecule has 1 aliphatic carbocycles. The number of amides is 1. The number of hydrogen-bond donors (Lipinski definition) is 1. The number of benzene rings is 1. The number of carbonyl (C=O) groups is 1. The van der Waals surface area contributed by atoms with Crippen LogP contribution in [0.1, 0.15) is 54.2 Å². The molecule has 3 rings (SSSR count). The molecule has 2 aromatic rings. The van der Waals surface area contributed by atoms with E-state index < -0.39 is 12.2 Å². The van der Waals surface area contributed by atoms with Crippen LogP contribution < -0.4 is 10.1 Å². The minimum Gasteiger partial charge on any atom is -0.435 e. The Morgan fingerprint density at radius 1 is 1.24 bits per heavy atom. The van der Waals surface area contributed by atoms with Crippen LogP contribution in [0.2, 0.25) is 0 Å². The molecule has 1 aromatic carbocycles. The first-order chi connectivity index (χ1) is 12.0. The molecule has 1 amide bonds. The van der Waals surface area contributed by atoms with Crippen LogP contribution in [0.4, 0.5) is 8.78 Å². The lowest BCUT2D eigenvalue weighted by Crippen LogP contribution is -2.48. The van der Waals surface area contributed by atoms with Crippen LogP contribution in [-0.4, -0.2) is 22.7 Å². The third kappa shape index (κ3) is 3.94. The van der Waals surface area contributed by atoms with Crippen molar-refractivity contribution in [1.29, 1.82) is 0 Å². The van der Waals surface area contributed by atoms with Gasteiger partial charge in [-0.25, -0.2) is 0 Å². The highest BCUT2D eigenvalue weighted by Gasteiger charge is 2.39. The van der Waals surface area contributed by atoms with Crippen LogP contribution in [-0.2, 0) is 5.54 Å². The van der Waals surface area contributed by atoms with Crippen molar-refractivity contribution in [1.82, 2.24) is 15.5 Å². The summed E-state index contributed by atoms with van der Waals surface area (Å²) in [6, 6.07) is 5.58. The fraction of sp³-hybridized carbons (Fsp3) is 0.471. The Labute approximate surface area is 143 Å². The van der Waals surface area contributed by atoms with Crippen molar-refractivity contribution in [2.45, 2.75) is 51.2 Å². The summed E-state index contributed by atoms with van der Waals surface area (Å²) in [4.78, 5) is 16.9. The number of hydrogen-bond acceptors (Lipinski definition) is 5. The SMILES string of the molecule is Cc1nc(C2(NC(=O)c3ccc(OC(F)F)cc3)CCCCC2)no1. The van der Waals surface area contributed by atoms with Gasteiger partial charge in [-0.15, -0.1) is 0 Å². The maximum Gasteiger partial charge on any atom is 0.387 e. The van der Waals surface area contributed by atoms with Crippen LogP contribution in [0.25, 0.3) is 0 Å². The number of alkyl halides is 2. The van der Waals surface area contributed by atoms with Gasteiger partial charge in [0.05, 0.1) is 0 Å². The lowest BCUT2D eigenvalue weighted by Gasteiger charge is -2.35. The molecule has 0 unspecified atom stereocenters. The van der Waals surface area contributed by atoms with Gasteiger partial charge in [-0.1, -0.05) is 24.4 Å². The molecular formula is C17H19F2N3O3. The normalized spacial score (nSPS) is 16.6. The van der Waals surface area contributed by atoms with Gasteiger partial charge in [-0.2, -0.15) is 13.8 Å². The van der Waals surface area contributed by atoms with Gasteiger partial charge in [0.15, 0.2) is 5.82 Å². The standard InChI is InChI=1S/C17H19F2N3O3/c1-11-20-15(22-25-11)17(9-3-2-4-10-17)21-14(23)12-5-7-13(8-6-12)24-16(18)19/h5-8,16H,2-4,9-10H2,1H3,(H,21,23). The van der Waals surface area contributed by atoms with Gasteiger partial charge in [0.25, 0.3) is 5.91 Å². The number of nitrogens with zero attached hydrogens (tertiary/aromatic N) is 2. The third-order valence-corrected chi connectivity index (χ3v) is 4.36. The number of aryl methyl sites for hydroxylation is 1. The quantitative estimate of drug-likeness (QED) is 0.891.